The van der Waals surface area contributed by atoms with Gasteiger partial charge in [-0.2, -0.15) is 0 Å². The first-order valence-electron chi connectivity index (χ1n) is 30.9. The number of aliphatic hydroxyl groups excluding tert-OH is 7. The van der Waals surface area contributed by atoms with Crippen LogP contribution in [-0.4, -0.2) is 110 Å². The number of amides is 1. The number of allylic oxidation sites excluding steroid dienone is 6. The van der Waals surface area contributed by atoms with Crippen LogP contribution in [0.3, 0.4) is 0 Å². The molecule has 0 bridgehead atoms. The summed E-state index contributed by atoms with van der Waals surface area (Å²) in [6.45, 7) is 3.47. The van der Waals surface area contributed by atoms with Gasteiger partial charge < -0.3 is 50.5 Å². The van der Waals surface area contributed by atoms with Gasteiger partial charge in [-0.25, -0.2) is 0 Å². The number of unbranched alkanes of at least 4 members (excludes halogenated alkanes) is 35. The van der Waals surface area contributed by atoms with Crippen LogP contribution in [0.2, 0.25) is 0 Å². The van der Waals surface area contributed by atoms with Crippen molar-refractivity contribution >= 4 is 5.91 Å². The Kier molecular flexibility index (Phi) is 48.5. The zero-order valence-corrected chi connectivity index (χ0v) is 47.1. The summed E-state index contributed by atoms with van der Waals surface area (Å²) in [5.41, 5.74) is 0. The van der Waals surface area contributed by atoms with Crippen molar-refractivity contribution < 1.29 is 50.0 Å². The fourth-order valence-electron chi connectivity index (χ4n) is 9.89. The maximum atomic E-state index is 13.2. The number of rotatable bonds is 53. The smallest absolute Gasteiger partial charge is 0.249 e. The molecule has 1 saturated heterocycles. The van der Waals surface area contributed by atoms with E-state index in [1.165, 1.54) is 193 Å². The molecule has 430 valence electrons. The molecule has 0 aromatic rings. The molecule has 1 aliphatic heterocycles. The van der Waals surface area contributed by atoms with Crippen molar-refractivity contribution in [3.8, 4) is 0 Å². The predicted octanol–water partition coefficient (Wildman–Crippen LogP) is 13.5. The zero-order valence-electron chi connectivity index (χ0n) is 47.1. The van der Waals surface area contributed by atoms with Crippen LogP contribution in [0, 0.1) is 0 Å². The van der Waals surface area contributed by atoms with E-state index in [1.807, 2.05) is 0 Å². The van der Waals surface area contributed by atoms with Gasteiger partial charge in [0.15, 0.2) is 6.29 Å². The molecule has 9 atom stereocenters. The summed E-state index contributed by atoms with van der Waals surface area (Å²) in [5, 5.41) is 76.2. The highest BCUT2D eigenvalue weighted by atomic mass is 16.7. The Morgan fingerprint density at radius 1 is 0.466 bits per heavy atom. The molecule has 9 unspecified atom stereocenters. The van der Waals surface area contributed by atoms with Crippen LogP contribution in [-0.2, 0) is 14.3 Å². The van der Waals surface area contributed by atoms with Crippen LogP contribution in [0.25, 0.3) is 0 Å². The maximum Gasteiger partial charge on any atom is 0.249 e. The first-order valence-corrected chi connectivity index (χ1v) is 30.9. The number of aliphatic hydroxyl groups is 7. The van der Waals surface area contributed by atoms with E-state index in [1.54, 1.807) is 0 Å². The van der Waals surface area contributed by atoms with Crippen LogP contribution in [0.5, 0.6) is 0 Å². The Morgan fingerprint density at radius 3 is 1.22 bits per heavy atom. The molecule has 1 heterocycles. The minimum atomic E-state index is -1.67. The van der Waals surface area contributed by atoms with E-state index in [4.69, 9.17) is 9.47 Å². The zero-order chi connectivity index (χ0) is 53.3. The maximum absolute atomic E-state index is 13.2. The first kappa shape index (κ1) is 69.3. The number of ether oxygens (including phenoxy) is 2. The largest absolute Gasteiger partial charge is 0.394 e. The highest BCUT2D eigenvalue weighted by Crippen LogP contribution is 2.23. The summed E-state index contributed by atoms with van der Waals surface area (Å²) in [5.74, 6) is -0.708. The molecule has 11 heteroatoms. The van der Waals surface area contributed by atoms with E-state index in [-0.39, 0.29) is 12.8 Å². The average molecular weight is 1040 g/mol. The second kappa shape index (κ2) is 51.1. The quantitative estimate of drug-likeness (QED) is 0.0215. The third-order valence-corrected chi connectivity index (χ3v) is 14.9. The molecule has 1 aliphatic rings. The third-order valence-electron chi connectivity index (χ3n) is 14.9. The monoisotopic (exact) mass is 1040 g/mol. The van der Waals surface area contributed by atoms with Gasteiger partial charge in [0.1, 0.15) is 36.6 Å². The first-order chi connectivity index (χ1) is 35.7. The summed E-state index contributed by atoms with van der Waals surface area (Å²) < 4.78 is 11.1. The Labute approximate surface area is 447 Å². The van der Waals surface area contributed by atoms with Crippen LogP contribution in [0.4, 0.5) is 0 Å². The van der Waals surface area contributed by atoms with Crippen molar-refractivity contribution in [3.63, 3.8) is 0 Å². The van der Waals surface area contributed by atoms with Crippen LogP contribution >= 0.6 is 0 Å². The molecule has 0 aromatic carbocycles. The second-order valence-corrected chi connectivity index (χ2v) is 21.8. The summed E-state index contributed by atoms with van der Waals surface area (Å²) in [7, 11) is 0. The molecule has 0 aromatic heterocycles. The normalized spacial score (nSPS) is 20.2. The third kappa shape index (κ3) is 39.4. The van der Waals surface area contributed by atoms with Gasteiger partial charge in [-0.15, -0.1) is 0 Å². The van der Waals surface area contributed by atoms with E-state index in [9.17, 15) is 40.5 Å². The van der Waals surface area contributed by atoms with Crippen molar-refractivity contribution in [1.82, 2.24) is 5.32 Å². The van der Waals surface area contributed by atoms with Gasteiger partial charge in [-0.1, -0.05) is 256 Å². The van der Waals surface area contributed by atoms with Gasteiger partial charge in [0, 0.05) is 0 Å². The van der Waals surface area contributed by atoms with E-state index < -0.39 is 74.2 Å². The highest BCUT2D eigenvalue weighted by Gasteiger charge is 2.44. The van der Waals surface area contributed by atoms with Crippen molar-refractivity contribution in [2.24, 2.45) is 0 Å². The number of carbonyl (C=O) groups excluding carboxylic acids is 1. The van der Waals surface area contributed by atoms with Crippen LogP contribution < -0.4 is 5.32 Å². The molecular weight excluding hydrogens is 919 g/mol. The highest BCUT2D eigenvalue weighted by molar-refractivity contribution is 5.80. The number of nitrogens with one attached hydrogen (secondary N) is 1. The Morgan fingerprint density at radius 2 is 0.822 bits per heavy atom. The van der Waals surface area contributed by atoms with E-state index in [0.717, 1.165) is 44.9 Å². The summed E-state index contributed by atoms with van der Waals surface area (Å²) in [6, 6.07) is -1.19. The SMILES string of the molecule is CCCCCCCCCCCC/C=C/CC/C=C/CC/C=C/CCCC(O)C(O)C(COC1OC(CO)C(O)C(O)C1O)NC(=O)C(O)CCCCCCCCCCCCCCCCCCCCCCCCC. The molecule has 73 heavy (non-hydrogen) atoms. The summed E-state index contributed by atoms with van der Waals surface area (Å²) >= 11 is 0. The van der Waals surface area contributed by atoms with Crippen molar-refractivity contribution in [2.75, 3.05) is 13.2 Å². The number of carbonyl (C=O) groups is 1. The lowest BCUT2D eigenvalue weighted by molar-refractivity contribution is -0.303. The lowest BCUT2D eigenvalue weighted by Crippen LogP contribution is -2.60. The van der Waals surface area contributed by atoms with Crippen molar-refractivity contribution in [1.29, 1.82) is 0 Å². The minimum Gasteiger partial charge on any atom is -0.394 e. The Balaban J connectivity index is 2.32. The van der Waals surface area contributed by atoms with E-state index >= 15 is 0 Å². The summed E-state index contributed by atoms with van der Waals surface area (Å²) in [4.78, 5) is 13.2. The van der Waals surface area contributed by atoms with Gasteiger partial charge in [0.2, 0.25) is 5.91 Å². The van der Waals surface area contributed by atoms with Crippen LogP contribution in [0.15, 0.2) is 36.5 Å². The summed E-state index contributed by atoms with van der Waals surface area (Å²) in [6.07, 6.45) is 52.0. The van der Waals surface area contributed by atoms with Gasteiger partial charge in [-0.05, 0) is 64.2 Å². The molecule has 0 aliphatic carbocycles. The lowest BCUT2D eigenvalue weighted by Gasteiger charge is -2.40. The topological polar surface area (TPSA) is 189 Å². The predicted molar refractivity (Wildman–Crippen MR) is 302 cm³/mol. The Hall–Kier alpha value is -1.67. The van der Waals surface area contributed by atoms with E-state index in [0.29, 0.717) is 19.3 Å². The Bertz CT molecular complexity index is 1280. The number of hydrogen-bond donors (Lipinski definition) is 8. The second-order valence-electron chi connectivity index (χ2n) is 21.8. The average Bonchev–Trinajstić information content (AvgIpc) is 3.39. The molecule has 11 nitrogen and oxygen atoms in total. The lowest BCUT2D eigenvalue weighted by atomic mass is 9.98. The standard InChI is InChI=1S/C62H117NO10/c1-3-5-7-9-11-13-15-17-19-21-23-25-27-29-31-33-35-37-39-41-43-45-47-49-54(65)57(67)53(52-72-62-60(70)59(69)58(68)56(51-64)73-62)63-61(71)55(66)50-48-46-44-42-40-38-36-34-32-30-28-26-24-22-20-18-16-14-12-10-8-6-4-2/h25,27,33,35,41,43,53-60,62,64-70H,3-24,26,28-32,34,36-40,42,44-52H2,1-2H3,(H,63,71)/b27-25+,35-33+,43-41+. The van der Waals surface area contributed by atoms with Gasteiger partial charge in [-0.3, -0.25) is 4.79 Å². The van der Waals surface area contributed by atoms with Crippen molar-refractivity contribution in [3.05, 3.63) is 36.5 Å². The fraction of sp³-hybridized carbons (Fsp3) is 0.887. The van der Waals surface area contributed by atoms with E-state index in [2.05, 4.69) is 55.6 Å². The molecule has 1 amide bonds. The molecule has 0 saturated carbocycles. The molecule has 1 fully saturated rings. The van der Waals surface area contributed by atoms with Gasteiger partial charge in [0.05, 0.1) is 25.4 Å². The van der Waals surface area contributed by atoms with Crippen LogP contribution in [0.1, 0.15) is 284 Å². The minimum absolute atomic E-state index is 0.243. The molecule has 1 rings (SSSR count). The van der Waals surface area contributed by atoms with Gasteiger partial charge >= 0.3 is 0 Å². The molecule has 0 spiro atoms. The number of hydrogen-bond acceptors (Lipinski definition) is 10. The fourth-order valence-corrected chi connectivity index (χ4v) is 9.89. The van der Waals surface area contributed by atoms with Crippen molar-refractivity contribution in [2.45, 2.75) is 339 Å². The molecule has 8 N–H and O–H groups in total. The van der Waals surface area contributed by atoms with Gasteiger partial charge in [0.25, 0.3) is 0 Å². The molecule has 0 radical (unpaired) electrons. The molecular formula is C62H117NO10.